The number of anilines is 3. The van der Waals surface area contributed by atoms with Gasteiger partial charge >= 0.3 is 6.47 Å². The van der Waals surface area contributed by atoms with Crippen LogP contribution in [0.2, 0.25) is 0 Å². The highest BCUT2D eigenvalue weighted by Crippen LogP contribution is 2.29. The van der Waals surface area contributed by atoms with E-state index < -0.39 is 20.7 Å². The molecular weight excluding hydrogens is 595 g/mol. The van der Waals surface area contributed by atoms with Crippen LogP contribution < -0.4 is 9.79 Å². The van der Waals surface area contributed by atoms with Crippen molar-refractivity contribution in [1.29, 1.82) is 0 Å². The lowest BCUT2D eigenvalue weighted by atomic mass is 10.1. The molecule has 10 nitrogen and oxygen atoms in total. The lowest BCUT2D eigenvalue weighted by molar-refractivity contribution is -0.128. The maximum Gasteiger partial charge on any atom is 0.322 e. The minimum absolute atomic E-state index is 0.00316. The molecule has 5 aromatic rings. The Kier molecular flexibility index (Phi) is 10.1. The molecule has 2 aromatic heterocycles. The van der Waals surface area contributed by atoms with Crippen LogP contribution in [0.5, 0.6) is 0 Å². The molecule has 0 radical (unpaired) electrons. The van der Waals surface area contributed by atoms with Gasteiger partial charge in [0.05, 0.1) is 11.4 Å². The number of rotatable bonds is 15. The summed E-state index contributed by atoms with van der Waals surface area (Å²) in [7, 11) is -4.52. The molecule has 2 heterocycles. The molecule has 0 spiro atoms. The summed E-state index contributed by atoms with van der Waals surface area (Å²) in [5, 5.41) is 4.31. The van der Waals surface area contributed by atoms with Crippen LogP contribution in [0.3, 0.4) is 0 Å². The summed E-state index contributed by atoms with van der Waals surface area (Å²) in [5.41, 5.74) is 3.45. The normalized spacial score (nSPS) is 11.6. The maximum absolute atomic E-state index is 14.3. The van der Waals surface area contributed by atoms with E-state index in [9.17, 15) is 17.6 Å². The molecule has 0 aliphatic heterocycles. The van der Waals surface area contributed by atoms with Crippen molar-refractivity contribution in [1.82, 2.24) is 19.4 Å². The fraction of sp³-hybridized carbons (Fsp3) is 0.242. The molecule has 0 amide bonds. The van der Waals surface area contributed by atoms with Crippen LogP contribution in [0, 0.1) is 5.82 Å². The van der Waals surface area contributed by atoms with Gasteiger partial charge in [0.15, 0.2) is 0 Å². The van der Waals surface area contributed by atoms with Gasteiger partial charge in [-0.2, -0.15) is 8.42 Å². The number of benzene rings is 3. The Hall–Kier alpha value is -4.81. The summed E-state index contributed by atoms with van der Waals surface area (Å²) in [6, 6.07) is 21.1. The molecule has 3 aromatic carbocycles. The third kappa shape index (κ3) is 7.30. The quantitative estimate of drug-likeness (QED) is 0.0806. The molecule has 0 bridgehead atoms. The molecular formula is C33H35FN6O4S. The summed E-state index contributed by atoms with van der Waals surface area (Å²) < 4.78 is 43.0. The number of hydrogen-bond donors (Lipinski definition) is 1. The van der Waals surface area contributed by atoms with Crippen LogP contribution >= 0.6 is 0 Å². The fourth-order valence-electron chi connectivity index (χ4n) is 5.15. The van der Waals surface area contributed by atoms with E-state index in [2.05, 4.69) is 63.0 Å². The van der Waals surface area contributed by atoms with Crippen LogP contribution in [-0.2, 0) is 26.2 Å². The molecule has 0 unspecified atom stereocenters. The number of hydrogen-bond acceptors (Lipinski definition) is 8. The Labute approximate surface area is 262 Å². The smallest absolute Gasteiger partial charge is 0.322 e. The highest BCUT2D eigenvalue weighted by Gasteiger charge is 2.29. The number of aryl methyl sites for hydroxylation is 1. The second kappa shape index (κ2) is 14.3. The number of sulfonamides is 1. The van der Waals surface area contributed by atoms with Gasteiger partial charge in [0.25, 0.3) is 10.0 Å². The van der Waals surface area contributed by atoms with Crippen molar-refractivity contribution in [2.45, 2.75) is 38.1 Å². The fourth-order valence-corrected chi connectivity index (χ4v) is 6.44. The average molecular weight is 631 g/mol. The number of aromatic nitrogens is 3. The zero-order valence-electron chi connectivity index (χ0n) is 25.1. The Bertz CT molecular complexity index is 1860. The highest BCUT2D eigenvalue weighted by atomic mass is 32.2. The van der Waals surface area contributed by atoms with Crippen LogP contribution in [0.1, 0.15) is 26.7 Å². The largest absolute Gasteiger partial charge is 0.347 e. The monoisotopic (exact) mass is 630 g/mol. The van der Waals surface area contributed by atoms with Gasteiger partial charge < -0.3 is 19.6 Å². The lowest BCUT2D eigenvalue weighted by Gasteiger charge is -2.21. The highest BCUT2D eigenvalue weighted by molar-refractivity contribution is 7.92. The molecule has 0 saturated carbocycles. The van der Waals surface area contributed by atoms with Gasteiger partial charge in [0, 0.05) is 41.0 Å². The Morgan fingerprint density at radius 3 is 2.47 bits per heavy atom. The molecule has 1 N–H and O–H groups in total. The van der Waals surface area contributed by atoms with E-state index in [0.29, 0.717) is 16.0 Å². The van der Waals surface area contributed by atoms with E-state index in [0.717, 1.165) is 67.8 Å². The molecule has 0 atom stereocenters. The van der Waals surface area contributed by atoms with Gasteiger partial charge in [-0.1, -0.05) is 36.5 Å². The van der Waals surface area contributed by atoms with Gasteiger partial charge in [0.1, 0.15) is 22.9 Å². The summed E-state index contributed by atoms with van der Waals surface area (Å²) in [6.45, 7) is 8.62. The summed E-state index contributed by atoms with van der Waals surface area (Å²) in [4.78, 5) is 26.5. The van der Waals surface area contributed by atoms with E-state index in [4.69, 9.17) is 4.84 Å². The van der Waals surface area contributed by atoms with Gasteiger partial charge in [-0.05, 0) is 87.1 Å². The number of nitrogens with one attached hydrogen (secondary N) is 1. The molecule has 45 heavy (non-hydrogen) atoms. The average Bonchev–Trinajstić information content (AvgIpc) is 3.46. The van der Waals surface area contributed by atoms with E-state index in [1.807, 2.05) is 12.1 Å². The van der Waals surface area contributed by atoms with Crippen molar-refractivity contribution in [2.75, 3.05) is 29.4 Å². The van der Waals surface area contributed by atoms with Crippen LogP contribution in [0.25, 0.3) is 22.2 Å². The summed E-state index contributed by atoms with van der Waals surface area (Å²) >= 11 is 0. The SMILES string of the molecule is CCN(CC)CCCCn1ccc2cc(-c3cc(Nc4ccc(N(OC=O)S(=O)(=O)c5ccccc5F)cc4)ncn3)ccc21. The summed E-state index contributed by atoms with van der Waals surface area (Å²) in [6.07, 6.45) is 5.88. The van der Waals surface area contributed by atoms with E-state index in [1.54, 1.807) is 12.1 Å². The topological polar surface area (TPSA) is 110 Å². The van der Waals surface area contributed by atoms with E-state index in [-0.39, 0.29) is 12.2 Å². The first-order valence-electron chi connectivity index (χ1n) is 14.7. The first-order valence-corrected chi connectivity index (χ1v) is 16.2. The third-order valence-electron chi connectivity index (χ3n) is 7.57. The summed E-state index contributed by atoms with van der Waals surface area (Å²) in [5.74, 6) is -0.438. The second-order valence-corrected chi connectivity index (χ2v) is 12.1. The molecule has 12 heteroatoms. The maximum atomic E-state index is 14.3. The van der Waals surface area contributed by atoms with Gasteiger partial charge in [-0.3, -0.25) is 4.79 Å². The Morgan fingerprint density at radius 1 is 0.956 bits per heavy atom. The lowest BCUT2D eigenvalue weighted by Crippen LogP contribution is -2.31. The van der Waals surface area contributed by atoms with E-state index in [1.165, 1.54) is 36.1 Å². The predicted molar refractivity (Wildman–Crippen MR) is 173 cm³/mol. The van der Waals surface area contributed by atoms with Crippen LogP contribution in [0.15, 0.2) is 96.3 Å². The minimum Gasteiger partial charge on any atom is -0.347 e. The number of nitrogens with zero attached hydrogens (tertiary/aromatic N) is 5. The number of fused-ring (bicyclic) bond motifs is 1. The van der Waals surface area contributed by atoms with E-state index >= 15 is 0 Å². The Balaban J connectivity index is 1.28. The first kappa shape index (κ1) is 31.6. The van der Waals surface area contributed by atoms with Crippen molar-refractivity contribution in [3.05, 3.63) is 97.2 Å². The molecule has 0 aliphatic rings. The molecule has 5 rings (SSSR count). The van der Waals surface area contributed by atoms with Crippen molar-refractivity contribution >= 4 is 44.6 Å². The molecule has 234 valence electrons. The van der Waals surface area contributed by atoms with Crippen LogP contribution in [-0.4, -0.2) is 54.0 Å². The number of unbranched alkanes of at least 4 members (excludes halogenated alkanes) is 1. The standard InChI is InChI=1S/C33H35FN6O4S/c1-3-38(4-2)18-7-8-19-39-20-17-26-21-25(11-16-31(26)39)30-22-33(36-23-35-30)37-27-12-14-28(15-13-27)40(44-24-41)45(42,43)32-10-6-5-9-29(32)34/h5-6,9-17,20-24H,3-4,7-8,18-19H2,1-2H3,(H,35,36,37). The Morgan fingerprint density at radius 2 is 1.73 bits per heavy atom. The number of carbonyl (C=O) groups excluding carboxylic acids is 1. The third-order valence-corrected chi connectivity index (χ3v) is 9.19. The van der Waals surface area contributed by atoms with Gasteiger partial charge in [0.2, 0.25) is 0 Å². The zero-order valence-corrected chi connectivity index (χ0v) is 26.0. The van der Waals surface area contributed by atoms with Gasteiger partial charge in [-0.15, -0.1) is 0 Å². The number of carbonyl (C=O) groups is 1. The van der Waals surface area contributed by atoms with Gasteiger partial charge in [-0.25, -0.2) is 14.4 Å². The first-order chi connectivity index (χ1) is 21.8. The molecule has 0 saturated heterocycles. The van der Waals surface area contributed by atoms with Crippen LogP contribution in [0.4, 0.5) is 21.6 Å². The molecule has 0 aliphatic carbocycles. The molecule has 0 fully saturated rings. The van der Waals surface area contributed by atoms with Crippen molar-refractivity contribution < 1.29 is 22.4 Å². The van der Waals surface area contributed by atoms with Crippen molar-refractivity contribution in [3.63, 3.8) is 0 Å². The number of halogens is 1. The predicted octanol–water partition coefficient (Wildman–Crippen LogP) is 6.39. The second-order valence-electron chi connectivity index (χ2n) is 10.3. The van der Waals surface area contributed by atoms with Crippen molar-refractivity contribution in [2.24, 2.45) is 0 Å². The zero-order chi connectivity index (χ0) is 31.8. The van der Waals surface area contributed by atoms with Crippen molar-refractivity contribution in [3.8, 4) is 11.3 Å². The minimum atomic E-state index is -4.52.